The van der Waals surface area contributed by atoms with Crippen molar-refractivity contribution in [2.45, 2.75) is 70.3 Å². The zero-order valence-corrected chi connectivity index (χ0v) is 15.6. The van der Waals surface area contributed by atoms with Gasteiger partial charge in [0.25, 0.3) is 5.91 Å². The molecular weight excluding hydrogens is 318 g/mol. The fraction of sp³-hybridized carbons (Fsp3) is 0.650. The van der Waals surface area contributed by atoms with E-state index in [9.17, 15) is 4.79 Å². The number of amides is 1. The van der Waals surface area contributed by atoms with Crippen LogP contribution >= 0.6 is 0 Å². The van der Waals surface area contributed by atoms with Gasteiger partial charge in [0.2, 0.25) is 0 Å². The molecular formula is C20H29NO4. The van der Waals surface area contributed by atoms with E-state index < -0.39 is 0 Å². The summed E-state index contributed by atoms with van der Waals surface area (Å²) in [5.74, 6) is 0.604. The van der Waals surface area contributed by atoms with Crippen molar-refractivity contribution < 1.29 is 19.0 Å². The minimum absolute atomic E-state index is 0.0218. The zero-order chi connectivity index (χ0) is 18.1. The van der Waals surface area contributed by atoms with Crippen molar-refractivity contribution >= 4 is 5.91 Å². The summed E-state index contributed by atoms with van der Waals surface area (Å²) in [6.45, 7) is 9.50. The van der Waals surface area contributed by atoms with Gasteiger partial charge in [-0.3, -0.25) is 4.79 Å². The molecule has 2 fully saturated rings. The maximum Gasteiger partial charge on any atom is 0.251 e. The highest BCUT2D eigenvalue weighted by atomic mass is 16.5. The fourth-order valence-corrected chi connectivity index (χ4v) is 3.72. The number of rotatable bonds is 5. The monoisotopic (exact) mass is 347 g/mol. The Bertz CT molecular complexity index is 620. The average Bonchev–Trinajstić information content (AvgIpc) is 3.11. The van der Waals surface area contributed by atoms with Gasteiger partial charge in [0.05, 0.1) is 23.3 Å². The topological polar surface area (TPSA) is 56.8 Å². The van der Waals surface area contributed by atoms with Crippen molar-refractivity contribution in [1.82, 2.24) is 5.32 Å². The van der Waals surface area contributed by atoms with Gasteiger partial charge >= 0.3 is 0 Å². The van der Waals surface area contributed by atoms with E-state index in [4.69, 9.17) is 14.2 Å². The third-order valence-electron chi connectivity index (χ3n) is 4.94. The smallest absolute Gasteiger partial charge is 0.251 e. The minimum atomic E-state index is -0.382. The molecule has 0 aromatic heterocycles. The van der Waals surface area contributed by atoms with Gasteiger partial charge in [-0.2, -0.15) is 0 Å². The van der Waals surface area contributed by atoms with E-state index in [2.05, 4.69) is 19.2 Å². The van der Waals surface area contributed by atoms with E-state index in [-0.39, 0.29) is 29.3 Å². The van der Waals surface area contributed by atoms with Gasteiger partial charge < -0.3 is 19.5 Å². The van der Waals surface area contributed by atoms with Gasteiger partial charge in [0, 0.05) is 12.2 Å². The first-order valence-corrected chi connectivity index (χ1v) is 9.11. The maximum absolute atomic E-state index is 12.7. The van der Waals surface area contributed by atoms with E-state index in [1.165, 1.54) is 0 Å². The molecule has 0 saturated carbocycles. The molecule has 2 aliphatic rings. The summed E-state index contributed by atoms with van der Waals surface area (Å²) >= 11 is 0. The van der Waals surface area contributed by atoms with Gasteiger partial charge in [0.15, 0.2) is 0 Å². The van der Waals surface area contributed by atoms with Crippen molar-refractivity contribution in [3.8, 4) is 5.75 Å². The first-order valence-electron chi connectivity index (χ1n) is 9.11. The van der Waals surface area contributed by atoms with Crippen LogP contribution in [0.25, 0.3) is 0 Å². The molecule has 2 aliphatic heterocycles. The summed E-state index contributed by atoms with van der Waals surface area (Å²) in [6, 6.07) is 7.30. The SMILES string of the molecule is CC1(C)C[C@H](NC(=O)c2cccc(OC[C@@H]3CCCO3)c2)C(C)(C)O1. The van der Waals surface area contributed by atoms with Crippen LogP contribution in [0.1, 0.15) is 57.3 Å². The summed E-state index contributed by atoms with van der Waals surface area (Å²) in [5.41, 5.74) is -0.00817. The lowest BCUT2D eigenvalue weighted by Crippen LogP contribution is -2.46. The lowest BCUT2D eigenvalue weighted by molar-refractivity contribution is -0.0693. The lowest BCUT2D eigenvalue weighted by Gasteiger charge is -2.27. The highest BCUT2D eigenvalue weighted by molar-refractivity contribution is 5.94. The molecule has 2 saturated heterocycles. The maximum atomic E-state index is 12.7. The predicted octanol–water partition coefficient (Wildman–Crippen LogP) is 3.32. The first-order chi connectivity index (χ1) is 11.8. The van der Waals surface area contributed by atoms with Crippen LogP contribution in [0.4, 0.5) is 0 Å². The third-order valence-corrected chi connectivity index (χ3v) is 4.94. The van der Waals surface area contributed by atoms with Crippen LogP contribution in [-0.4, -0.2) is 42.5 Å². The third kappa shape index (κ3) is 4.53. The van der Waals surface area contributed by atoms with E-state index in [0.717, 1.165) is 25.9 Å². The largest absolute Gasteiger partial charge is 0.491 e. The van der Waals surface area contributed by atoms with Crippen LogP contribution < -0.4 is 10.1 Å². The van der Waals surface area contributed by atoms with Gasteiger partial charge in [-0.1, -0.05) is 6.07 Å². The van der Waals surface area contributed by atoms with Gasteiger partial charge in [0.1, 0.15) is 12.4 Å². The molecule has 0 bridgehead atoms. The molecule has 3 rings (SSSR count). The second-order valence-electron chi connectivity index (χ2n) is 8.17. The van der Waals surface area contributed by atoms with Gasteiger partial charge in [-0.05, 0) is 65.2 Å². The molecule has 0 radical (unpaired) electrons. The summed E-state index contributed by atoms with van der Waals surface area (Å²) in [6.07, 6.45) is 3.08. The van der Waals surface area contributed by atoms with Crippen molar-refractivity contribution in [3.05, 3.63) is 29.8 Å². The molecule has 1 N–H and O–H groups in total. The summed E-state index contributed by atoms with van der Waals surface area (Å²) in [4.78, 5) is 12.7. The molecule has 1 amide bonds. The molecule has 0 spiro atoms. The van der Waals surface area contributed by atoms with Crippen LogP contribution in [0.3, 0.4) is 0 Å². The van der Waals surface area contributed by atoms with Gasteiger partial charge in [-0.25, -0.2) is 0 Å². The van der Waals surface area contributed by atoms with Crippen LogP contribution in [0.15, 0.2) is 24.3 Å². The quantitative estimate of drug-likeness (QED) is 0.888. The molecule has 2 atom stereocenters. The summed E-state index contributed by atoms with van der Waals surface area (Å²) in [5, 5.41) is 3.12. The van der Waals surface area contributed by atoms with E-state index in [0.29, 0.717) is 17.9 Å². The molecule has 25 heavy (non-hydrogen) atoms. The Morgan fingerprint density at radius 2 is 2.12 bits per heavy atom. The number of benzene rings is 1. The van der Waals surface area contributed by atoms with Gasteiger partial charge in [-0.15, -0.1) is 0 Å². The Hall–Kier alpha value is -1.59. The second-order valence-corrected chi connectivity index (χ2v) is 8.17. The number of carbonyl (C=O) groups excluding carboxylic acids is 1. The lowest BCUT2D eigenvalue weighted by atomic mass is 9.94. The summed E-state index contributed by atoms with van der Waals surface area (Å²) in [7, 11) is 0. The molecule has 138 valence electrons. The average molecular weight is 347 g/mol. The van der Waals surface area contributed by atoms with E-state index in [1.807, 2.05) is 32.0 Å². The van der Waals surface area contributed by atoms with Crippen LogP contribution in [0.5, 0.6) is 5.75 Å². The van der Waals surface area contributed by atoms with Crippen LogP contribution in [-0.2, 0) is 9.47 Å². The number of nitrogens with one attached hydrogen (secondary N) is 1. The van der Waals surface area contributed by atoms with E-state index in [1.54, 1.807) is 6.07 Å². The molecule has 2 heterocycles. The molecule has 0 aliphatic carbocycles. The molecule has 5 nitrogen and oxygen atoms in total. The standard InChI is InChI=1S/C20H29NO4/c1-19(2)12-17(20(3,4)25-19)21-18(22)14-7-5-8-15(11-14)24-13-16-9-6-10-23-16/h5,7-8,11,16-17H,6,9-10,12-13H2,1-4H3,(H,21,22)/t16-,17-/m0/s1. The Kier molecular flexibility index (Phi) is 5.07. The Morgan fingerprint density at radius 1 is 1.32 bits per heavy atom. The summed E-state index contributed by atoms with van der Waals surface area (Å²) < 4.78 is 17.4. The second kappa shape index (κ2) is 6.96. The zero-order valence-electron chi connectivity index (χ0n) is 15.6. The Morgan fingerprint density at radius 3 is 2.76 bits per heavy atom. The van der Waals surface area contributed by atoms with Crippen molar-refractivity contribution in [2.75, 3.05) is 13.2 Å². The number of hydrogen-bond donors (Lipinski definition) is 1. The first kappa shape index (κ1) is 18.2. The predicted molar refractivity (Wildman–Crippen MR) is 96.0 cm³/mol. The Balaban J connectivity index is 1.61. The molecule has 5 heteroatoms. The highest BCUT2D eigenvalue weighted by Gasteiger charge is 2.46. The molecule has 1 aromatic carbocycles. The van der Waals surface area contributed by atoms with Crippen LogP contribution in [0, 0.1) is 0 Å². The van der Waals surface area contributed by atoms with Crippen molar-refractivity contribution in [2.24, 2.45) is 0 Å². The minimum Gasteiger partial charge on any atom is -0.491 e. The van der Waals surface area contributed by atoms with Crippen molar-refractivity contribution in [1.29, 1.82) is 0 Å². The normalized spacial score (nSPS) is 27.2. The van der Waals surface area contributed by atoms with Crippen molar-refractivity contribution in [3.63, 3.8) is 0 Å². The highest BCUT2D eigenvalue weighted by Crippen LogP contribution is 2.37. The number of hydrogen-bond acceptors (Lipinski definition) is 4. The fourth-order valence-electron chi connectivity index (χ4n) is 3.72. The van der Waals surface area contributed by atoms with Crippen LogP contribution in [0.2, 0.25) is 0 Å². The molecule has 1 aromatic rings. The number of carbonyl (C=O) groups is 1. The Labute approximate surface area is 150 Å². The number of ether oxygens (including phenoxy) is 3. The molecule has 0 unspecified atom stereocenters. The van der Waals surface area contributed by atoms with E-state index >= 15 is 0 Å².